The molecule has 5 heteroatoms. The van der Waals surface area contributed by atoms with E-state index < -0.39 is 0 Å². The molecule has 262 valence electrons. The van der Waals surface area contributed by atoms with Crippen LogP contribution in [0.25, 0.3) is 100 Å². The summed E-state index contributed by atoms with van der Waals surface area (Å²) >= 11 is 0. The number of aromatic nitrogens is 5. The zero-order valence-electron chi connectivity index (χ0n) is 30.3. The van der Waals surface area contributed by atoms with Crippen LogP contribution in [0.1, 0.15) is 0 Å². The molecule has 3 heterocycles. The van der Waals surface area contributed by atoms with Gasteiger partial charge in [0.05, 0.1) is 27.8 Å². The highest BCUT2D eigenvalue weighted by Gasteiger charge is 2.23. The first-order valence-corrected chi connectivity index (χ1v) is 18.9. The molecule has 0 radical (unpaired) electrons. The number of para-hydroxylation sites is 2. The van der Waals surface area contributed by atoms with Gasteiger partial charge in [-0.05, 0) is 47.0 Å². The Kier molecular flexibility index (Phi) is 7.42. The Hall–Kier alpha value is -7.63. The van der Waals surface area contributed by atoms with Crippen LogP contribution >= 0.6 is 0 Å². The van der Waals surface area contributed by atoms with Gasteiger partial charge in [-0.2, -0.15) is 9.97 Å². The van der Waals surface area contributed by atoms with Crippen LogP contribution in [0.4, 0.5) is 0 Å². The lowest BCUT2D eigenvalue weighted by Gasteiger charge is -2.18. The van der Waals surface area contributed by atoms with Gasteiger partial charge in [0.15, 0.2) is 11.6 Å². The summed E-state index contributed by atoms with van der Waals surface area (Å²) in [6.45, 7) is 0. The van der Waals surface area contributed by atoms with Gasteiger partial charge in [0.25, 0.3) is 0 Å². The van der Waals surface area contributed by atoms with Crippen molar-refractivity contribution >= 4 is 43.6 Å². The Bertz CT molecular complexity index is 3160. The maximum Gasteiger partial charge on any atom is 0.238 e. The maximum absolute atomic E-state index is 5.19. The van der Waals surface area contributed by atoms with Crippen LogP contribution in [-0.2, 0) is 0 Å². The van der Waals surface area contributed by atoms with Gasteiger partial charge in [-0.1, -0.05) is 170 Å². The smallest absolute Gasteiger partial charge is 0.238 e. The van der Waals surface area contributed by atoms with Crippen LogP contribution in [0.3, 0.4) is 0 Å². The molecule has 0 aliphatic rings. The molecule has 5 nitrogen and oxygen atoms in total. The third kappa shape index (κ3) is 5.13. The molecule has 0 spiro atoms. The molecule has 8 aromatic carbocycles. The van der Waals surface area contributed by atoms with E-state index in [-0.39, 0.29) is 0 Å². The van der Waals surface area contributed by atoms with Crippen molar-refractivity contribution in [3.8, 4) is 56.7 Å². The molecule has 0 bridgehead atoms. The molecular weight excluding hydrogens is 683 g/mol. The van der Waals surface area contributed by atoms with Gasteiger partial charge in [0.1, 0.15) is 0 Å². The third-order valence-corrected chi connectivity index (χ3v) is 10.8. The number of fused-ring (bicyclic) bond motifs is 6. The first-order valence-electron chi connectivity index (χ1n) is 18.9. The molecule has 56 heavy (non-hydrogen) atoms. The Balaban J connectivity index is 1.23. The van der Waals surface area contributed by atoms with Crippen LogP contribution < -0.4 is 0 Å². The summed E-state index contributed by atoms with van der Waals surface area (Å²) < 4.78 is 4.66. The zero-order valence-corrected chi connectivity index (χ0v) is 30.3. The molecule has 11 rings (SSSR count). The Morgan fingerprint density at radius 1 is 0.304 bits per heavy atom. The molecule has 0 unspecified atom stereocenters. The molecule has 0 N–H and O–H groups in total. The Labute approximate surface area is 323 Å². The van der Waals surface area contributed by atoms with Gasteiger partial charge in [-0.15, -0.1) is 0 Å². The molecule has 0 aliphatic carbocycles. The van der Waals surface area contributed by atoms with Crippen molar-refractivity contribution in [3.63, 3.8) is 0 Å². The molecule has 0 fully saturated rings. The standard InChI is InChI=1S/C51H33N5/c1-5-18-34(19-6-1)38-28-17-31-45(48(38)35-20-7-2-8-21-35)55-43-29-15-13-26-39(43)41-33-47-42(32-46(41)55)40-27-14-16-30-44(40)56(47)51-53-49(36-22-9-3-10-23-36)52-50(54-51)37-24-11-4-12-25-37/h1-33H. The van der Waals surface area contributed by atoms with Gasteiger partial charge in [-0.25, -0.2) is 4.98 Å². The van der Waals surface area contributed by atoms with Crippen LogP contribution in [0.5, 0.6) is 0 Å². The van der Waals surface area contributed by atoms with Crippen LogP contribution in [0, 0.1) is 0 Å². The second-order valence-corrected chi connectivity index (χ2v) is 14.0. The van der Waals surface area contributed by atoms with Crippen molar-refractivity contribution in [3.05, 3.63) is 200 Å². The van der Waals surface area contributed by atoms with Gasteiger partial charge in [-0.3, -0.25) is 4.57 Å². The molecule has 3 aromatic heterocycles. The molecule has 0 saturated carbocycles. The predicted molar refractivity (Wildman–Crippen MR) is 230 cm³/mol. The van der Waals surface area contributed by atoms with Crippen molar-refractivity contribution in [1.82, 2.24) is 24.1 Å². The average Bonchev–Trinajstić information content (AvgIpc) is 3.78. The summed E-state index contributed by atoms with van der Waals surface area (Å²) in [5, 5.41) is 4.59. The van der Waals surface area contributed by atoms with E-state index >= 15 is 0 Å². The average molecular weight is 716 g/mol. The lowest BCUT2D eigenvalue weighted by molar-refractivity contribution is 0.954. The van der Waals surface area contributed by atoms with E-state index in [0.717, 1.165) is 55.0 Å². The van der Waals surface area contributed by atoms with Crippen molar-refractivity contribution in [2.24, 2.45) is 0 Å². The summed E-state index contributed by atoms with van der Waals surface area (Å²) in [7, 11) is 0. The summed E-state index contributed by atoms with van der Waals surface area (Å²) in [5.41, 5.74) is 12.1. The largest absolute Gasteiger partial charge is 0.309 e. The quantitative estimate of drug-likeness (QED) is 0.172. The van der Waals surface area contributed by atoms with E-state index in [9.17, 15) is 0 Å². The van der Waals surface area contributed by atoms with Crippen molar-refractivity contribution in [2.75, 3.05) is 0 Å². The highest BCUT2D eigenvalue weighted by atomic mass is 15.2. The SMILES string of the molecule is c1ccc(-c2nc(-c3ccccc3)nc(-n3c4ccccc4c4cc5c(cc43)c3ccccc3n5-c3cccc(-c4ccccc4)c3-c3ccccc3)n2)cc1. The minimum absolute atomic E-state index is 0.578. The van der Waals surface area contributed by atoms with E-state index in [2.05, 4.69) is 173 Å². The highest BCUT2D eigenvalue weighted by Crippen LogP contribution is 2.43. The van der Waals surface area contributed by atoms with Crippen LogP contribution in [-0.4, -0.2) is 24.1 Å². The lowest BCUT2D eigenvalue weighted by Crippen LogP contribution is -2.06. The number of hydrogen-bond donors (Lipinski definition) is 0. The van der Waals surface area contributed by atoms with Crippen molar-refractivity contribution in [1.29, 1.82) is 0 Å². The number of hydrogen-bond acceptors (Lipinski definition) is 3. The van der Waals surface area contributed by atoms with E-state index in [1.807, 2.05) is 36.4 Å². The van der Waals surface area contributed by atoms with E-state index in [1.165, 1.54) is 27.6 Å². The maximum atomic E-state index is 5.19. The van der Waals surface area contributed by atoms with Gasteiger partial charge in [0, 0.05) is 38.2 Å². The normalized spacial score (nSPS) is 11.6. The molecule has 0 saturated heterocycles. The molecule has 0 aliphatic heterocycles. The van der Waals surface area contributed by atoms with Gasteiger partial charge < -0.3 is 4.57 Å². The number of benzene rings is 8. The van der Waals surface area contributed by atoms with Crippen LogP contribution in [0.15, 0.2) is 200 Å². The fourth-order valence-electron chi connectivity index (χ4n) is 8.30. The summed E-state index contributed by atoms with van der Waals surface area (Å²) in [4.78, 5) is 15.4. The second-order valence-electron chi connectivity index (χ2n) is 14.0. The summed E-state index contributed by atoms with van der Waals surface area (Å²) in [6.07, 6.45) is 0. The molecule has 11 aromatic rings. The Morgan fingerprint density at radius 3 is 1.30 bits per heavy atom. The molecular formula is C51H33N5. The minimum atomic E-state index is 0.578. The second kappa shape index (κ2) is 13.0. The first kappa shape index (κ1) is 31.9. The van der Waals surface area contributed by atoms with Crippen LogP contribution in [0.2, 0.25) is 0 Å². The zero-order chi connectivity index (χ0) is 37.0. The predicted octanol–water partition coefficient (Wildman–Crippen LogP) is 12.7. The summed E-state index contributed by atoms with van der Waals surface area (Å²) in [5.74, 6) is 1.84. The molecule has 0 atom stereocenters. The van der Waals surface area contributed by atoms with Crippen molar-refractivity contribution < 1.29 is 0 Å². The van der Waals surface area contributed by atoms with Gasteiger partial charge in [0.2, 0.25) is 5.95 Å². The number of rotatable bonds is 6. The number of nitrogens with zero attached hydrogens (tertiary/aromatic N) is 5. The fraction of sp³-hybridized carbons (Fsp3) is 0. The van der Waals surface area contributed by atoms with E-state index in [1.54, 1.807) is 0 Å². The Morgan fingerprint density at radius 2 is 0.750 bits per heavy atom. The topological polar surface area (TPSA) is 48.5 Å². The summed E-state index contributed by atoms with van der Waals surface area (Å²) in [6, 6.07) is 70.5. The van der Waals surface area contributed by atoms with E-state index in [4.69, 9.17) is 15.0 Å². The first-order chi connectivity index (χ1) is 27.8. The lowest BCUT2D eigenvalue weighted by atomic mass is 9.93. The van der Waals surface area contributed by atoms with E-state index in [0.29, 0.717) is 17.6 Å². The monoisotopic (exact) mass is 715 g/mol. The third-order valence-electron chi connectivity index (χ3n) is 10.8. The minimum Gasteiger partial charge on any atom is -0.309 e. The van der Waals surface area contributed by atoms with Crippen molar-refractivity contribution in [2.45, 2.75) is 0 Å². The fourth-order valence-corrected chi connectivity index (χ4v) is 8.30. The highest BCUT2D eigenvalue weighted by molar-refractivity contribution is 6.19. The van der Waals surface area contributed by atoms with Gasteiger partial charge >= 0.3 is 0 Å². The molecule has 0 amide bonds.